The van der Waals surface area contributed by atoms with Gasteiger partial charge in [-0.2, -0.15) is 0 Å². The molecule has 0 unspecified atom stereocenters. The minimum absolute atomic E-state index is 0.139. The average molecular weight is 237 g/mol. The zero-order valence-corrected chi connectivity index (χ0v) is 9.28. The Hall–Kier alpha value is -1.81. The number of nitrogens with one attached hydrogen (secondary N) is 1. The van der Waals surface area contributed by atoms with Gasteiger partial charge in [0.2, 0.25) is 0 Å². The number of aldehydes is 1. The molecule has 0 aliphatic heterocycles. The third kappa shape index (κ3) is 1.67. The van der Waals surface area contributed by atoms with E-state index >= 15 is 0 Å². The quantitative estimate of drug-likeness (QED) is 0.811. The van der Waals surface area contributed by atoms with Crippen molar-refractivity contribution in [3.63, 3.8) is 0 Å². The van der Waals surface area contributed by atoms with Crippen LogP contribution in [0.1, 0.15) is 16.1 Å². The Labute approximate surface area is 96.5 Å². The minimum Gasteiger partial charge on any atom is -0.298 e. The van der Waals surface area contributed by atoms with Gasteiger partial charge in [0, 0.05) is 10.7 Å². The van der Waals surface area contributed by atoms with Gasteiger partial charge in [0.05, 0.1) is 5.69 Å². The molecule has 4 nitrogen and oxygen atoms in total. The third-order valence-electron chi connectivity index (χ3n) is 2.30. The van der Waals surface area contributed by atoms with Gasteiger partial charge in [-0.05, 0) is 25.1 Å². The molecule has 0 spiro atoms. The molecule has 0 saturated heterocycles. The number of rotatable bonds is 2. The molecule has 0 aliphatic carbocycles. The second-order valence-electron chi connectivity index (χ2n) is 3.39. The van der Waals surface area contributed by atoms with E-state index in [0.29, 0.717) is 22.7 Å². The fourth-order valence-corrected chi connectivity index (χ4v) is 1.68. The van der Waals surface area contributed by atoms with Crippen LogP contribution >= 0.6 is 11.6 Å². The lowest BCUT2D eigenvalue weighted by atomic mass is 10.3. The van der Waals surface area contributed by atoms with Crippen LogP contribution in [-0.4, -0.2) is 16.1 Å². The number of hydrogen-bond acceptors (Lipinski definition) is 2. The molecular formula is C11H9ClN2O2. The van der Waals surface area contributed by atoms with Gasteiger partial charge >= 0.3 is 0 Å². The first-order valence-corrected chi connectivity index (χ1v) is 5.04. The maximum absolute atomic E-state index is 11.8. The van der Waals surface area contributed by atoms with E-state index in [1.807, 2.05) is 0 Å². The summed E-state index contributed by atoms with van der Waals surface area (Å²) in [5, 5.41) is 3.35. The molecule has 0 radical (unpaired) electrons. The Balaban J connectivity index is 2.66. The van der Waals surface area contributed by atoms with Crippen molar-refractivity contribution in [3.05, 3.63) is 50.9 Å². The van der Waals surface area contributed by atoms with E-state index in [1.54, 1.807) is 31.2 Å². The van der Waals surface area contributed by atoms with Crippen LogP contribution in [0.2, 0.25) is 5.02 Å². The first-order chi connectivity index (χ1) is 7.63. The van der Waals surface area contributed by atoms with Crippen LogP contribution in [-0.2, 0) is 0 Å². The van der Waals surface area contributed by atoms with Gasteiger partial charge in [0.1, 0.15) is 5.56 Å². The zero-order chi connectivity index (χ0) is 11.7. The van der Waals surface area contributed by atoms with E-state index in [4.69, 9.17) is 11.6 Å². The van der Waals surface area contributed by atoms with E-state index in [9.17, 15) is 9.59 Å². The summed E-state index contributed by atoms with van der Waals surface area (Å²) >= 11 is 5.83. The monoisotopic (exact) mass is 236 g/mol. The summed E-state index contributed by atoms with van der Waals surface area (Å²) in [4.78, 5) is 22.5. The van der Waals surface area contributed by atoms with Crippen molar-refractivity contribution in [1.29, 1.82) is 0 Å². The van der Waals surface area contributed by atoms with Crippen LogP contribution < -0.4 is 5.56 Å². The molecule has 2 rings (SSSR count). The van der Waals surface area contributed by atoms with Gasteiger partial charge in [-0.3, -0.25) is 14.7 Å². The molecule has 0 amide bonds. The number of carbonyl (C=O) groups excluding carboxylic acids is 1. The molecule has 82 valence electrons. The van der Waals surface area contributed by atoms with Gasteiger partial charge in [-0.25, -0.2) is 4.68 Å². The van der Waals surface area contributed by atoms with Crippen LogP contribution in [0.25, 0.3) is 5.69 Å². The Morgan fingerprint density at radius 1 is 1.44 bits per heavy atom. The van der Waals surface area contributed by atoms with Gasteiger partial charge < -0.3 is 0 Å². The lowest BCUT2D eigenvalue weighted by Crippen LogP contribution is -2.16. The van der Waals surface area contributed by atoms with Crippen molar-refractivity contribution in [2.45, 2.75) is 6.92 Å². The van der Waals surface area contributed by atoms with Crippen molar-refractivity contribution < 1.29 is 4.79 Å². The van der Waals surface area contributed by atoms with Crippen molar-refractivity contribution in [2.75, 3.05) is 0 Å². The van der Waals surface area contributed by atoms with E-state index < -0.39 is 0 Å². The van der Waals surface area contributed by atoms with Crippen LogP contribution in [0.3, 0.4) is 0 Å². The Morgan fingerprint density at radius 3 is 2.75 bits per heavy atom. The number of aromatic amines is 1. The standard InChI is InChI=1S/C11H9ClN2O2/c1-7-10(6-15)11(16)14(13-7)9-4-2-3-8(12)5-9/h2-6,13H,1H3. The number of aryl methyl sites for hydroxylation is 1. The van der Waals surface area contributed by atoms with Crippen LogP contribution in [0, 0.1) is 6.92 Å². The number of aromatic nitrogens is 2. The van der Waals surface area contributed by atoms with Gasteiger partial charge in [0.25, 0.3) is 5.56 Å². The number of carbonyl (C=O) groups is 1. The van der Waals surface area contributed by atoms with Crippen molar-refractivity contribution >= 4 is 17.9 Å². The highest BCUT2D eigenvalue weighted by atomic mass is 35.5. The summed E-state index contributed by atoms with van der Waals surface area (Å²) in [7, 11) is 0. The molecule has 2 aromatic rings. The topological polar surface area (TPSA) is 54.9 Å². The summed E-state index contributed by atoms with van der Waals surface area (Å²) in [5.74, 6) is 0. The first-order valence-electron chi connectivity index (χ1n) is 4.66. The molecule has 1 aromatic carbocycles. The third-order valence-corrected chi connectivity index (χ3v) is 2.54. The van der Waals surface area contributed by atoms with Crippen LogP contribution in [0.4, 0.5) is 0 Å². The van der Waals surface area contributed by atoms with E-state index in [-0.39, 0.29) is 11.1 Å². The Morgan fingerprint density at radius 2 is 2.19 bits per heavy atom. The SMILES string of the molecule is Cc1[nH]n(-c2cccc(Cl)c2)c(=O)c1C=O. The van der Waals surface area contributed by atoms with Crippen LogP contribution in [0.15, 0.2) is 29.1 Å². The van der Waals surface area contributed by atoms with Crippen molar-refractivity contribution in [1.82, 2.24) is 9.78 Å². The maximum atomic E-state index is 11.8. The van der Waals surface area contributed by atoms with Crippen molar-refractivity contribution in [3.8, 4) is 5.69 Å². The lowest BCUT2D eigenvalue weighted by Gasteiger charge is -2.01. The highest BCUT2D eigenvalue weighted by Crippen LogP contribution is 2.13. The molecule has 1 N–H and O–H groups in total. The zero-order valence-electron chi connectivity index (χ0n) is 8.53. The van der Waals surface area contributed by atoms with Crippen molar-refractivity contribution in [2.24, 2.45) is 0 Å². The summed E-state index contributed by atoms with van der Waals surface area (Å²) < 4.78 is 1.30. The predicted octanol–water partition coefficient (Wildman–Crippen LogP) is 1.94. The smallest absolute Gasteiger partial charge is 0.282 e. The molecule has 16 heavy (non-hydrogen) atoms. The molecule has 0 atom stereocenters. The fraction of sp³-hybridized carbons (Fsp3) is 0.0909. The largest absolute Gasteiger partial charge is 0.298 e. The number of benzene rings is 1. The normalized spacial score (nSPS) is 10.4. The Bertz CT molecular complexity index is 598. The summed E-state index contributed by atoms with van der Waals surface area (Å²) in [5.41, 5.74) is 0.920. The highest BCUT2D eigenvalue weighted by molar-refractivity contribution is 6.30. The molecule has 0 fully saturated rings. The van der Waals surface area contributed by atoms with Gasteiger partial charge in [0.15, 0.2) is 6.29 Å². The predicted molar refractivity (Wildman–Crippen MR) is 61.5 cm³/mol. The van der Waals surface area contributed by atoms with E-state index in [2.05, 4.69) is 5.10 Å². The average Bonchev–Trinajstić information content (AvgIpc) is 2.54. The second-order valence-corrected chi connectivity index (χ2v) is 3.83. The summed E-state index contributed by atoms with van der Waals surface area (Å²) in [6, 6.07) is 6.83. The lowest BCUT2D eigenvalue weighted by molar-refractivity contribution is 0.112. The Kier molecular flexibility index (Phi) is 2.66. The number of hydrogen-bond donors (Lipinski definition) is 1. The van der Waals surface area contributed by atoms with E-state index in [0.717, 1.165) is 0 Å². The molecule has 0 saturated carbocycles. The molecule has 1 heterocycles. The summed E-state index contributed by atoms with van der Waals surface area (Å²) in [6.07, 6.45) is 0.551. The molecule has 0 aliphatic rings. The van der Waals surface area contributed by atoms with E-state index in [1.165, 1.54) is 4.68 Å². The van der Waals surface area contributed by atoms with Gasteiger partial charge in [-0.15, -0.1) is 0 Å². The molecule has 0 bridgehead atoms. The minimum atomic E-state index is -0.366. The van der Waals surface area contributed by atoms with Crippen LogP contribution in [0.5, 0.6) is 0 Å². The number of H-pyrrole nitrogens is 1. The molecule has 1 aromatic heterocycles. The molecular weight excluding hydrogens is 228 g/mol. The number of halogens is 1. The van der Waals surface area contributed by atoms with Gasteiger partial charge in [-0.1, -0.05) is 17.7 Å². The molecule has 5 heteroatoms. The maximum Gasteiger partial charge on any atom is 0.282 e. The fourth-order valence-electron chi connectivity index (χ4n) is 1.50. The first kappa shape index (κ1) is 10.7. The summed E-state index contributed by atoms with van der Waals surface area (Å²) in [6.45, 7) is 1.67. The highest BCUT2D eigenvalue weighted by Gasteiger charge is 2.11. The second kappa shape index (κ2) is 3.98. The number of nitrogens with zero attached hydrogens (tertiary/aromatic N) is 1.